The van der Waals surface area contributed by atoms with Crippen molar-refractivity contribution < 1.29 is 9.59 Å². The number of rotatable bonds is 7. The number of hydrogen-bond acceptors (Lipinski definition) is 6. The van der Waals surface area contributed by atoms with E-state index < -0.39 is 0 Å². The van der Waals surface area contributed by atoms with E-state index in [4.69, 9.17) is 5.10 Å². The Bertz CT molecular complexity index is 1660. The predicted molar refractivity (Wildman–Crippen MR) is 153 cm³/mol. The zero-order chi connectivity index (χ0) is 26.8. The molecule has 0 saturated carbocycles. The monoisotopic (exact) mass is 534 g/mol. The van der Waals surface area contributed by atoms with Crippen molar-refractivity contribution in [2.75, 3.05) is 10.6 Å². The van der Waals surface area contributed by atoms with Crippen LogP contribution in [0.15, 0.2) is 79.1 Å². The van der Waals surface area contributed by atoms with Crippen molar-refractivity contribution in [3.8, 4) is 27.5 Å². The first-order valence-electron chi connectivity index (χ1n) is 12.8. The molecule has 3 heterocycles. The molecule has 0 unspecified atom stereocenters. The minimum atomic E-state index is -0.151. The molecule has 39 heavy (non-hydrogen) atoms. The molecular formula is C30H26N6O2S. The van der Waals surface area contributed by atoms with Gasteiger partial charge in [-0.2, -0.15) is 5.10 Å². The summed E-state index contributed by atoms with van der Waals surface area (Å²) in [5.41, 5.74) is 7.49. The van der Waals surface area contributed by atoms with E-state index in [-0.39, 0.29) is 11.8 Å². The lowest BCUT2D eigenvalue weighted by Crippen LogP contribution is -2.13. The van der Waals surface area contributed by atoms with E-state index in [0.29, 0.717) is 23.7 Å². The number of benzene rings is 2. The number of aromatic nitrogens is 4. The topological polar surface area (TPSA) is 102 Å². The zero-order valence-electron chi connectivity index (χ0n) is 21.3. The van der Waals surface area contributed by atoms with Gasteiger partial charge in [-0.25, -0.2) is 9.67 Å². The highest BCUT2D eigenvalue weighted by Crippen LogP contribution is 2.44. The summed E-state index contributed by atoms with van der Waals surface area (Å²) in [7, 11) is 0. The van der Waals surface area contributed by atoms with E-state index >= 15 is 0 Å². The van der Waals surface area contributed by atoms with E-state index in [1.807, 2.05) is 77.6 Å². The third-order valence-corrected chi connectivity index (χ3v) is 7.60. The molecule has 0 radical (unpaired) electrons. The maximum absolute atomic E-state index is 12.7. The molecule has 0 atom stereocenters. The number of fused-ring (bicyclic) bond motifs is 3. The zero-order valence-corrected chi connectivity index (χ0v) is 22.2. The van der Waals surface area contributed by atoms with Gasteiger partial charge in [-0.3, -0.25) is 14.6 Å². The number of carbonyl (C=O) groups excluding carboxylic acids is 2. The van der Waals surface area contributed by atoms with Crippen molar-refractivity contribution in [3.05, 3.63) is 95.9 Å². The Hall–Kier alpha value is -4.63. The van der Waals surface area contributed by atoms with E-state index in [1.54, 1.807) is 6.20 Å². The fourth-order valence-corrected chi connectivity index (χ4v) is 5.95. The third-order valence-electron chi connectivity index (χ3n) is 6.58. The SMILES string of the molecule is CC(=O)Nc1nc2c(s1)-c1c(c(-c3cccnc3)nn1-c1cccc(NC(=O)CCc3ccccc3)c1)CC2. The van der Waals surface area contributed by atoms with Crippen LogP contribution in [0.3, 0.4) is 0 Å². The number of aryl methyl sites for hydroxylation is 2. The normalized spacial score (nSPS) is 11.9. The Morgan fingerprint density at radius 2 is 1.87 bits per heavy atom. The van der Waals surface area contributed by atoms with Crippen LogP contribution in [-0.4, -0.2) is 31.6 Å². The summed E-state index contributed by atoms with van der Waals surface area (Å²) in [4.78, 5) is 34.4. The number of nitrogens with zero attached hydrogens (tertiary/aromatic N) is 4. The standard InChI is InChI=1S/C30H26N6O2S/c1-19(37)32-30-34-25-14-13-24-27(21-9-6-16-31-18-21)35-36(28(24)29(25)39-30)23-11-5-10-22(17-23)33-26(38)15-12-20-7-3-2-4-8-20/h2-11,16-18H,12-15H2,1H3,(H,33,38)(H,32,34,37). The predicted octanol–water partition coefficient (Wildman–Crippen LogP) is 5.69. The van der Waals surface area contributed by atoms with Crippen LogP contribution >= 0.6 is 11.3 Å². The fraction of sp³-hybridized carbons (Fsp3) is 0.167. The Balaban J connectivity index is 1.36. The lowest BCUT2D eigenvalue weighted by atomic mass is 9.95. The highest BCUT2D eigenvalue weighted by atomic mass is 32.1. The molecule has 1 aliphatic carbocycles. The molecule has 0 fully saturated rings. The number of hydrogen-bond donors (Lipinski definition) is 2. The number of amides is 2. The molecule has 6 rings (SSSR count). The molecule has 5 aromatic rings. The first kappa shape index (κ1) is 24.7. The van der Waals surface area contributed by atoms with Gasteiger partial charge in [0.25, 0.3) is 0 Å². The molecular weight excluding hydrogens is 508 g/mol. The maximum atomic E-state index is 12.7. The van der Waals surface area contributed by atoms with Gasteiger partial charge in [0, 0.05) is 42.6 Å². The van der Waals surface area contributed by atoms with E-state index in [2.05, 4.69) is 20.6 Å². The van der Waals surface area contributed by atoms with Crippen molar-refractivity contribution in [1.82, 2.24) is 19.7 Å². The molecule has 2 aromatic carbocycles. The molecule has 3 aromatic heterocycles. The van der Waals surface area contributed by atoms with Gasteiger partial charge in [-0.05, 0) is 55.2 Å². The molecule has 8 nitrogen and oxygen atoms in total. The quantitative estimate of drug-likeness (QED) is 0.279. The lowest BCUT2D eigenvalue weighted by molar-refractivity contribution is -0.116. The van der Waals surface area contributed by atoms with Gasteiger partial charge in [-0.1, -0.05) is 47.7 Å². The fourth-order valence-electron chi connectivity index (χ4n) is 4.84. The molecule has 0 aliphatic heterocycles. The number of nitrogens with one attached hydrogen (secondary N) is 2. The highest BCUT2D eigenvalue weighted by molar-refractivity contribution is 7.19. The summed E-state index contributed by atoms with van der Waals surface area (Å²) >= 11 is 1.45. The van der Waals surface area contributed by atoms with Gasteiger partial charge in [-0.15, -0.1) is 0 Å². The van der Waals surface area contributed by atoms with Crippen LogP contribution in [-0.2, 0) is 28.9 Å². The second-order valence-corrected chi connectivity index (χ2v) is 10.4. The molecule has 9 heteroatoms. The van der Waals surface area contributed by atoms with Crippen LogP contribution in [0.4, 0.5) is 10.8 Å². The van der Waals surface area contributed by atoms with Crippen LogP contribution in [0.1, 0.15) is 30.2 Å². The number of pyridine rings is 1. The average molecular weight is 535 g/mol. The van der Waals surface area contributed by atoms with Crippen molar-refractivity contribution in [3.63, 3.8) is 0 Å². The van der Waals surface area contributed by atoms with Crippen molar-refractivity contribution >= 4 is 34.0 Å². The summed E-state index contributed by atoms with van der Waals surface area (Å²) in [6.45, 7) is 1.48. The van der Waals surface area contributed by atoms with Gasteiger partial charge in [0.1, 0.15) is 0 Å². The molecule has 0 bridgehead atoms. The molecule has 0 saturated heterocycles. The number of anilines is 2. The lowest BCUT2D eigenvalue weighted by Gasteiger charge is -2.15. The van der Waals surface area contributed by atoms with Gasteiger partial charge in [0.05, 0.1) is 27.6 Å². The summed E-state index contributed by atoms with van der Waals surface area (Å²) < 4.78 is 1.92. The maximum Gasteiger partial charge on any atom is 0.224 e. The summed E-state index contributed by atoms with van der Waals surface area (Å²) in [5, 5.41) is 11.5. The van der Waals surface area contributed by atoms with E-state index in [9.17, 15) is 9.59 Å². The first-order chi connectivity index (χ1) is 19.0. The largest absolute Gasteiger partial charge is 0.326 e. The Labute approximate surface area is 229 Å². The second-order valence-electron chi connectivity index (χ2n) is 9.39. The van der Waals surface area contributed by atoms with Crippen molar-refractivity contribution in [2.45, 2.75) is 32.6 Å². The minimum absolute atomic E-state index is 0.0424. The van der Waals surface area contributed by atoms with Gasteiger partial charge < -0.3 is 10.6 Å². The molecule has 0 spiro atoms. The molecule has 194 valence electrons. The summed E-state index contributed by atoms with van der Waals surface area (Å²) in [6.07, 6.45) is 6.17. The van der Waals surface area contributed by atoms with Gasteiger partial charge in [0.2, 0.25) is 11.8 Å². The van der Waals surface area contributed by atoms with Crippen molar-refractivity contribution in [1.29, 1.82) is 0 Å². The van der Waals surface area contributed by atoms with Crippen LogP contribution in [0.2, 0.25) is 0 Å². The van der Waals surface area contributed by atoms with E-state index in [1.165, 1.54) is 18.3 Å². The smallest absolute Gasteiger partial charge is 0.224 e. The number of carbonyl (C=O) groups is 2. The summed E-state index contributed by atoms with van der Waals surface area (Å²) in [5.74, 6) is -0.194. The highest BCUT2D eigenvalue weighted by Gasteiger charge is 2.30. The van der Waals surface area contributed by atoms with Crippen LogP contribution in [0.5, 0.6) is 0 Å². The first-order valence-corrected chi connectivity index (χ1v) is 13.6. The van der Waals surface area contributed by atoms with Crippen LogP contribution < -0.4 is 10.6 Å². The van der Waals surface area contributed by atoms with Crippen LogP contribution in [0, 0.1) is 0 Å². The van der Waals surface area contributed by atoms with Crippen molar-refractivity contribution in [2.24, 2.45) is 0 Å². The van der Waals surface area contributed by atoms with Crippen LogP contribution in [0.25, 0.3) is 27.5 Å². The number of thiazole rings is 1. The molecule has 2 N–H and O–H groups in total. The molecule has 2 amide bonds. The molecule has 1 aliphatic rings. The minimum Gasteiger partial charge on any atom is -0.326 e. The summed E-state index contributed by atoms with van der Waals surface area (Å²) in [6, 6.07) is 21.6. The third kappa shape index (κ3) is 5.21. The second kappa shape index (κ2) is 10.6. The van der Waals surface area contributed by atoms with Gasteiger partial charge in [0.15, 0.2) is 5.13 Å². The van der Waals surface area contributed by atoms with Gasteiger partial charge >= 0.3 is 0 Å². The average Bonchev–Trinajstić information content (AvgIpc) is 3.54. The Morgan fingerprint density at radius 1 is 1.00 bits per heavy atom. The van der Waals surface area contributed by atoms with E-state index in [0.717, 1.165) is 57.2 Å². The Morgan fingerprint density at radius 3 is 2.67 bits per heavy atom. The Kier molecular flexibility index (Phi) is 6.73.